The maximum absolute atomic E-state index is 13.2. The van der Waals surface area contributed by atoms with Gasteiger partial charge in [0.2, 0.25) is 5.91 Å². The second kappa shape index (κ2) is 9.56. The Morgan fingerprint density at radius 1 is 1.22 bits per heavy atom. The summed E-state index contributed by atoms with van der Waals surface area (Å²) in [5.74, 6) is 1.03. The topological polar surface area (TPSA) is 82.3 Å². The highest BCUT2D eigenvalue weighted by Crippen LogP contribution is 2.41. The smallest absolute Gasteiger partial charge is 0.293 e. The monoisotopic (exact) mass is 450 g/mol. The lowest BCUT2D eigenvalue weighted by molar-refractivity contribution is -0.764. The van der Waals surface area contributed by atoms with Crippen molar-refractivity contribution in [3.05, 3.63) is 54.1 Å². The van der Waals surface area contributed by atoms with Crippen LogP contribution in [0.3, 0.4) is 0 Å². The van der Waals surface area contributed by atoms with Crippen molar-refractivity contribution in [1.82, 2.24) is 10.1 Å². The molecule has 1 unspecified atom stereocenters. The molecule has 32 heavy (non-hydrogen) atoms. The Morgan fingerprint density at radius 3 is 2.78 bits per heavy atom. The quantitative estimate of drug-likeness (QED) is 0.310. The number of thioether (sulfide) groups is 1. The van der Waals surface area contributed by atoms with Crippen molar-refractivity contribution in [2.45, 2.75) is 44.9 Å². The lowest BCUT2D eigenvalue weighted by Gasteiger charge is -2.33. The van der Waals surface area contributed by atoms with Gasteiger partial charge in [0.1, 0.15) is 5.75 Å². The van der Waals surface area contributed by atoms with Crippen LogP contribution >= 0.6 is 11.8 Å². The van der Waals surface area contributed by atoms with Gasteiger partial charge in [-0.15, -0.1) is 0 Å². The SMILES string of the molecule is CCCCSc1nc([O-])c2[n+](n1)C(c1cccc(OCC)c1)N(C(C)=O)c1ccccc1-2. The molecule has 1 aliphatic heterocycles. The van der Waals surface area contributed by atoms with Crippen LogP contribution in [0.5, 0.6) is 11.6 Å². The molecule has 7 nitrogen and oxygen atoms in total. The molecule has 1 atom stereocenters. The maximum atomic E-state index is 13.2. The molecule has 0 fully saturated rings. The van der Waals surface area contributed by atoms with E-state index in [1.165, 1.54) is 18.7 Å². The summed E-state index contributed by atoms with van der Waals surface area (Å²) >= 11 is 1.46. The summed E-state index contributed by atoms with van der Waals surface area (Å²) in [5.41, 5.74) is 2.49. The number of unbranched alkanes of at least 4 members (excludes halogenated alkanes) is 1. The van der Waals surface area contributed by atoms with Crippen LogP contribution in [0, 0.1) is 0 Å². The van der Waals surface area contributed by atoms with Gasteiger partial charge in [-0.05, 0) is 43.7 Å². The fourth-order valence-electron chi connectivity index (χ4n) is 3.88. The number of nitrogens with zero attached hydrogens (tertiary/aromatic N) is 4. The molecule has 0 N–H and O–H groups in total. The molecule has 0 saturated heterocycles. The number of carbonyl (C=O) groups excluding carboxylic acids is 1. The van der Waals surface area contributed by atoms with Crippen LogP contribution in [0.25, 0.3) is 11.3 Å². The molecule has 0 aliphatic carbocycles. The molecule has 1 aromatic heterocycles. The Labute approximate surface area is 192 Å². The summed E-state index contributed by atoms with van der Waals surface area (Å²) in [6.07, 6.45) is 1.43. The highest BCUT2D eigenvalue weighted by molar-refractivity contribution is 7.99. The van der Waals surface area contributed by atoms with Crippen LogP contribution in [0.15, 0.2) is 53.7 Å². The van der Waals surface area contributed by atoms with Crippen molar-refractivity contribution >= 4 is 23.4 Å². The molecule has 2 aromatic carbocycles. The number of benzene rings is 2. The van der Waals surface area contributed by atoms with Gasteiger partial charge in [0.15, 0.2) is 0 Å². The molecule has 3 aromatic rings. The second-order valence-electron chi connectivity index (χ2n) is 7.48. The summed E-state index contributed by atoms with van der Waals surface area (Å²) in [5, 5.41) is 18.4. The highest BCUT2D eigenvalue weighted by atomic mass is 32.2. The molecule has 0 radical (unpaired) electrons. The van der Waals surface area contributed by atoms with Gasteiger partial charge in [-0.3, -0.25) is 4.79 Å². The average Bonchev–Trinajstić information content (AvgIpc) is 2.78. The van der Waals surface area contributed by atoms with Crippen molar-refractivity contribution in [2.24, 2.45) is 0 Å². The molecule has 0 bridgehead atoms. The standard InChI is InChI=1S/C24H26N4O3S/c1-4-6-14-32-24-25-22(30)21-19-12-7-8-13-20(19)27(16(3)29)23(28(21)26-24)17-10-9-11-18(15-17)31-5-2/h7-13,15,23H,4-6,14H2,1-3H3. The first-order valence-corrected chi connectivity index (χ1v) is 11.8. The van der Waals surface area contributed by atoms with E-state index in [2.05, 4.69) is 11.9 Å². The van der Waals surface area contributed by atoms with E-state index in [-0.39, 0.29) is 11.8 Å². The molecule has 4 rings (SSSR count). The van der Waals surface area contributed by atoms with Crippen LogP contribution in [-0.2, 0) is 4.79 Å². The number of fused-ring (bicyclic) bond motifs is 3. The largest absolute Gasteiger partial charge is 0.854 e. The highest BCUT2D eigenvalue weighted by Gasteiger charge is 2.43. The van der Waals surface area contributed by atoms with Crippen LogP contribution in [0.4, 0.5) is 5.69 Å². The number of ether oxygens (including phenoxy) is 1. The van der Waals surface area contributed by atoms with Gasteiger partial charge in [0, 0.05) is 23.3 Å². The zero-order valence-corrected chi connectivity index (χ0v) is 19.3. The number of carbonyl (C=O) groups is 1. The second-order valence-corrected chi connectivity index (χ2v) is 8.54. The van der Waals surface area contributed by atoms with E-state index < -0.39 is 6.17 Å². The Morgan fingerprint density at radius 2 is 2.03 bits per heavy atom. The van der Waals surface area contributed by atoms with E-state index in [1.807, 2.05) is 55.5 Å². The third-order valence-corrected chi connectivity index (χ3v) is 6.18. The molecule has 166 valence electrons. The average molecular weight is 451 g/mol. The minimum Gasteiger partial charge on any atom is -0.854 e. The van der Waals surface area contributed by atoms with Gasteiger partial charge < -0.3 is 9.84 Å². The number of anilines is 1. The van der Waals surface area contributed by atoms with Gasteiger partial charge in [0.25, 0.3) is 17.0 Å². The third kappa shape index (κ3) is 4.14. The Balaban J connectivity index is 1.94. The van der Waals surface area contributed by atoms with E-state index in [1.54, 1.807) is 9.58 Å². The molecular formula is C24H26N4O3S. The van der Waals surface area contributed by atoms with Crippen LogP contribution in [0.1, 0.15) is 45.3 Å². The normalized spacial score (nSPS) is 14.6. The summed E-state index contributed by atoms with van der Waals surface area (Å²) in [6.45, 7) is 6.09. The zero-order chi connectivity index (χ0) is 22.7. The summed E-state index contributed by atoms with van der Waals surface area (Å²) in [7, 11) is 0. The summed E-state index contributed by atoms with van der Waals surface area (Å²) in [4.78, 5) is 18.8. The van der Waals surface area contributed by atoms with Crippen LogP contribution in [0.2, 0.25) is 0 Å². The zero-order valence-electron chi connectivity index (χ0n) is 18.4. The molecule has 0 saturated carbocycles. The molecule has 2 heterocycles. The number of aromatic nitrogens is 3. The molecule has 1 aliphatic rings. The molecule has 1 amide bonds. The third-order valence-electron chi connectivity index (χ3n) is 5.25. The van der Waals surface area contributed by atoms with E-state index in [9.17, 15) is 9.90 Å². The van der Waals surface area contributed by atoms with Gasteiger partial charge in [-0.2, -0.15) is 0 Å². The molecular weight excluding hydrogens is 424 g/mol. The number of hydrogen-bond donors (Lipinski definition) is 0. The van der Waals surface area contributed by atoms with E-state index in [0.29, 0.717) is 34.5 Å². The van der Waals surface area contributed by atoms with Crippen molar-refractivity contribution in [1.29, 1.82) is 0 Å². The van der Waals surface area contributed by atoms with Crippen LogP contribution in [-0.4, -0.2) is 28.3 Å². The first-order chi connectivity index (χ1) is 15.5. The Kier molecular flexibility index (Phi) is 6.60. The summed E-state index contributed by atoms with van der Waals surface area (Å²) in [6, 6.07) is 15.0. The lowest BCUT2D eigenvalue weighted by Crippen LogP contribution is -2.58. The first-order valence-electron chi connectivity index (χ1n) is 10.8. The Bertz CT molecular complexity index is 1140. The maximum Gasteiger partial charge on any atom is 0.293 e. The number of rotatable bonds is 7. The van der Waals surface area contributed by atoms with Crippen molar-refractivity contribution in [2.75, 3.05) is 17.3 Å². The fraction of sp³-hybridized carbons (Fsp3) is 0.333. The minimum atomic E-state index is -0.626. The summed E-state index contributed by atoms with van der Waals surface area (Å²) < 4.78 is 7.34. The van der Waals surface area contributed by atoms with Crippen LogP contribution < -0.4 is 19.4 Å². The van der Waals surface area contributed by atoms with Crippen molar-refractivity contribution in [3.63, 3.8) is 0 Å². The van der Waals surface area contributed by atoms with Gasteiger partial charge >= 0.3 is 0 Å². The predicted octanol–water partition coefficient (Wildman–Crippen LogP) is 3.71. The number of hydrogen-bond acceptors (Lipinski definition) is 6. The lowest BCUT2D eigenvalue weighted by atomic mass is 10.0. The van der Waals surface area contributed by atoms with Crippen molar-refractivity contribution in [3.8, 4) is 22.9 Å². The van der Waals surface area contributed by atoms with Gasteiger partial charge in [-0.1, -0.05) is 48.0 Å². The number of para-hydroxylation sites is 1. The van der Waals surface area contributed by atoms with E-state index in [4.69, 9.17) is 9.84 Å². The van der Waals surface area contributed by atoms with E-state index >= 15 is 0 Å². The minimum absolute atomic E-state index is 0.145. The predicted molar refractivity (Wildman–Crippen MR) is 122 cm³/mol. The first kappa shape index (κ1) is 22.1. The fourth-order valence-corrected chi connectivity index (χ4v) is 4.78. The molecule has 0 spiro atoms. The van der Waals surface area contributed by atoms with Gasteiger partial charge in [0.05, 0.1) is 23.7 Å². The van der Waals surface area contributed by atoms with Gasteiger partial charge in [-0.25, -0.2) is 9.88 Å². The van der Waals surface area contributed by atoms with Crippen molar-refractivity contribution < 1.29 is 19.3 Å². The Hall–Kier alpha value is -3.13. The van der Waals surface area contributed by atoms with E-state index in [0.717, 1.165) is 24.2 Å². The molecule has 8 heteroatoms. The number of amides is 1.